The van der Waals surface area contributed by atoms with E-state index >= 15 is 0 Å². The molecule has 0 aliphatic rings. The van der Waals surface area contributed by atoms with E-state index in [2.05, 4.69) is 20.7 Å². The molecule has 0 radical (unpaired) electrons. The topological polar surface area (TPSA) is 81.1 Å². The van der Waals surface area contributed by atoms with Crippen LogP contribution in [0.1, 0.15) is 36.2 Å². The van der Waals surface area contributed by atoms with Crippen LogP contribution in [0.4, 0.5) is 4.39 Å². The first-order chi connectivity index (χ1) is 12.0. The van der Waals surface area contributed by atoms with Gasteiger partial charge in [0.05, 0.1) is 12.3 Å². The first-order valence-corrected chi connectivity index (χ1v) is 8.23. The van der Waals surface area contributed by atoms with Gasteiger partial charge in [0.1, 0.15) is 11.6 Å². The van der Waals surface area contributed by atoms with Gasteiger partial charge in [0.15, 0.2) is 0 Å². The van der Waals surface area contributed by atoms with Crippen molar-refractivity contribution in [1.82, 2.24) is 25.4 Å². The number of halogens is 2. The summed E-state index contributed by atoms with van der Waals surface area (Å²) in [5, 5.41) is 10.2. The summed E-state index contributed by atoms with van der Waals surface area (Å²) in [5.74, 6) is -0.00622. The number of hydrogen-bond donors (Lipinski definition) is 2. The van der Waals surface area contributed by atoms with Crippen molar-refractivity contribution in [2.24, 2.45) is 0 Å². The first-order valence-electron chi connectivity index (χ1n) is 8.23. The number of rotatable bonds is 9. The molecule has 0 unspecified atom stereocenters. The number of methoxy groups -OCH3 is 1. The van der Waals surface area contributed by atoms with Gasteiger partial charge in [-0.3, -0.25) is 4.79 Å². The summed E-state index contributed by atoms with van der Waals surface area (Å²) < 4.78 is 19.9. The van der Waals surface area contributed by atoms with Crippen LogP contribution in [0.5, 0.6) is 0 Å². The van der Waals surface area contributed by atoms with Crippen molar-refractivity contribution in [3.8, 4) is 5.69 Å². The largest absolute Gasteiger partial charge is 0.383 e. The van der Waals surface area contributed by atoms with Gasteiger partial charge in [-0.25, -0.2) is 14.1 Å². The third kappa shape index (κ3) is 6.05. The van der Waals surface area contributed by atoms with E-state index in [-0.39, 0.29) is 35.9 Å². The Morgan fingerprint density at radius 2 is 2.08 bits per heavy atom. The number of nitrogens with zero attached hydrogens (tertiary/aromatic N) is 3. The van der Waals surface area contributed by atoms with Crippen LogP contribution in [0.25, 0.3) is 5.69 Å². The van der Waals surface area contributed by atoms with Crippen molar-refractivity contribution in [3.05, 3.63) is 41.7 Å². The molecule has 0 aliphatic carbocycles. The molecular weight excluding hydrogens is 361 g/mol. The second-order valence-electron chi connectivity index (χ2n) is 5.84. The molecule has 2 N–H and O–H groups in total. The monoisotopic (exact) mass is 385 g/mol. The van der Waals surface area contributed by atoms with Crippen molar-refractivity contribution in [2.75, 3.05) is 33.4 Å². The number of carbonyl (C=O) groups excluding carboxylic acids is 1. The number of carbonyl (C=O) groups is 1. The predicted octanol–water partition coefficient (Wildman–Crippen LogP) is 1.92. The van der Waals surface area contributed by atoms with Crippen molar-refractivity contribution < 1.29 is 13.9 Å². The van der Waals surface area contributed by atoms with Gasteiger partial charge < -0.3 is 15.4 Å². The zero-order chi connectivity index (χ0) is 18.2. The van der Waals surface area contributed by atoms with Crippen LogP contribution < -0.4 is 10.6 Å². The van der Waals surface area contributed by atoms with Crippen molar-refractivity contribution in [2.45, 2.75) is 19.8 Å². The molecule has 0 fully saturated rings. The predicted molar refractivity (Wildman–Crippen MR) is 99.7 cm³/mol. The smallest absolute Gasteiger partial charge is 0.291 e. The number of nitrogens with one attached hydrogen (secondary N) is 2. The second-order valence-corrected chi connectivity index (χ2v) is 5.84. The Labute approximate surface area is 158 Å². The Hall–Kier alpha value is -2.03. The summed E-state index contributed by atoms with van der Waals surface area (Å²) in [4.78, 5) is 16.6. The fourth-order valence-electron chi connectivity index (χ4n) is 2.23. The Morgan fingerprint density at radius 1 is 1.31 bits per heavy atom. The molecule has 0 spiro atoms. The lowest BCUT2D eigenvalue weighted by molar-refractivity contribution is 0.0943. The summed E-state index contributed by atoms with van der Waals surface area (Å²) in [6.07, 6.45) is 0. The summed E-state index contributed by atoms with van der Waals surface area (Å²) in [6.45, 7) is 6.30. The van der Waals surface area contributed by atoms with E-state index in [1.807, 2.05) is 13.8 Å². The van der Waals surface area contributed by atoms with Crippen molar-refractivity contribution >= 4 is 18.3 Å². The van der Waals surface area contributed by atoms with Crippen LogP contribution in [-0.2, 0) is 4.74 Å². The molecule has 0 saturated heterocycles. The first kappa shape index (κ1) is 22.0. The Kier molecular flexibility index (Phi) is 9.18. The van der Waals surface area contributed by atoms with Gasteiger partial charge in [-0.2, -0.15) is 0 Å². The molecule has 26 heavy (non-hydrogen) atoms. The van der Waals surface area contributed by atoms with Crippen LogP contribution in [0.2, 0.25) is 0 Å². The van der Waals surface area contributed by atoms with E-state index in [4.69, 9.17) is 4.74 Å². The third-order valence-electron chi connectivity index (χ3n) is 3.47. The maximum absolute atomic E-state index is 13.5. The standard InChI is InChI=1S/C17H24FN5O2.ClH/c1-12(2)16-21-15(17(24)20-8-7-19-9-10-25-3)22-23(16)14-6-4-5-13(18)11-14;/h4-6,11-12,19H,7-10H2,1-3H3,(H,20,24);1H. The Bertz CT molecular complexity index is 708. The average Bonchev–Trinajstić information content (AvgIpc) is 3.03. The molecule has 9 heteroatoms. The summed E-state index contributed by atoms with van der Waals surface area (Å²) in [6, 6.07) is 6.05. The molecule has 1 heterocycles. The highest BCUT2D eigenvalue weighted by atomic mass is 35.5. The number of amides is 1. The minimum Gasteiger partial charge on any atom is -0.383 e. The number of aromatic nitrogens is 3. The highest BCUT2D eigenvalue weighted by molar-refractivity contribution is 5.90. The Morgan fingerprint density at radius 3 is 2.73 bits per heavy atom. The molecule has 0 bridgehead atoms. The van der Waals surface area contributed by atoms with Crippen LogP contribution in [0.3, 0.4) is 0 Å². The van der Waals surface area contributed by atoms with E-state index in [9.17, 15) is 9.18 Å². The zero-order valence-electron chi connectivity index (χ0n) is 15.2. The normalized spacial score (nSPS) is 10.7. The van der Waals surface area contributed by atoms with Gasteiger partial charge in [0.2, 0.25) is 5.82 Å². The minimum absolute atomic E-state index is 0. The van der Waals surface area contributed by atoms with Gasteiger partial charge in [-0.1, -0.05) is 19.9 Å². The van der Waals surface area contributed by atoms with Gasteiger partial charge in [0.25, 0.3) is 5.91 Å². The molecule has 1 aromatic heterocycles. The minimum atomic E-state index is -0.365. The average molecular weight is 386 g/mol. The number of hydrogen-bond acceptors (Lipinski definition) is 5. The highest BCUT2D eigenvalue weighted by Crippen LogP contribution is 2.18. The van der Waals surface area contributed by atoms with E-state index in [0.717, 1.165) is 6.54 Å². The lowest BCUT2D eigenvalue weighted by atomic mass is 10.2. The fourth-order valence-corrected chi connectivity index (χ4v) is 2.23. The number of ether oxygens (including phenoxy) is 1. The van der Waals surface area contributed by atoms with E-state index in [0.29, 0.717) is 31.2 Å². The molecule has 2 aromatic rings. The summed E-state index contributed by atoms with van der Waals surface area (Å²) >= 11 is 0. The molecule has 0 atom stereocenters. The summed E-state index contributed by atoms with van der Waals surface area (Å²) in [5.41, 5.74) is 0.538. The maximum Gasteiger partial charge on any atom is 0.291 e. The second kappa shape index (κ2) is 10.8. The fraction of sp³-hybridized carbons (Fsp3) is 0.471. The zero-order valence-corrected chi connectivity index (χ0v) is 16.0. The van der Waals surface area contributed by atoms with Gasteiger partial charge in [-0.15, -0.1) is 17.5 Å². The van der Waals surface area contributed by atoms with Crippen LogP contribution in [-0.4, -0.2) is 54.0 Å². The van der Waals surface area contributed by atoms with Crippen LogP contribution in [0.15, 0.2) is 24.3 Å². The molecule has 144 valence electrons. The maximum atomic E-state index is 13.5. The van der Waals surface area contributed by atoms with Gasteiger partial charge in [0, 0.05) is 32.7 Å². The number of benzene rings is 1. The third-order valence-corrected chi connectivity index (χ3v) is 3.47. The van der Waals surface area contributed by atoms with Crippen LogP contribution >= 0.6 is 12.4 Å². The molecule has 0 aliphatic heterocycles. The van der Waals surface area contributed by atoms with E-state index < -0.39 is 0 Å². The Balaban J connectivity index is 0.00000338. The molecule has 1 amide bonds. The van der Waals surface area contributed by atoms with Crippen molar-refractivity contribution in [1.29, 1.82) is 0 Å². The molecule has 1 aromatic carbocycles. The lowest BCUT2D eigenvalue weighted by Gasteiger charge is -2.07. The SMILES string of the molecule is COCCNCCNC(=O)c1nc(C(C)C)n(-c2cccc(F)c2)n1.Cl. The molecule has 7 nitrogen and oxygen atoms in total. The van der Waals surface area contributed by atoms with E-state index in [1.54, 1.807) is 19.2 Å². The quantitative estimate of drug-likeness (QED) is 0.644. The lowest BCUT2D eigenvalue weighted by Crippen LogP contribution is -2.33. The molecule has 2 rings (SSSR count). The molecule has 0 saturated carbocycles. The van der Waals surface area contributed by atoms with Crippen LogP contribution in [0, 0.1) is 5.82 Å². The van der Waals surface area contributed by atoms with E-state index in [1.165, 1.54) is 16.8 Å². The molecular formula is C17H25ClFN5O2. The summed E-state index contributed by atoms with van der Waals surface area (Å²) in [7, 11) is 1.64. The van der Waals surface area contributed by atoms with Gasteiger partial charge in [-0.05, 0) is 18.2 Å². The van der Waals surface area contributed by atoms with Crippen molar-refractivity contribution in [3.63, 3.8) is 0 Å². The highest BCUT2D eigenvalue weighted by Gasteiger charge is 2.19. The van der Waals surface area contributed by atoms with Gasteiger partial charge >= 0.3 is 0 Å².